The molecule has 1 aromatic carbocycles. The van der Waals surface area contributed by atoms with Gasteiger partial charge in [-0.1, -0.05) is 84.4 Å². The van der Waals surface area contributed by atoms with E-state index in [1.807, 2.05) is 44.0 Å². The molecule has 0 heterocycles. The number of hydrogen-bond acceptors (Lipinski definition) is 5. The molecule has 2 aliphatic rings. The summed E-state index contributed by atoms with van der Waals surface area (Å²) in [6.07, 6.45) is 5.85. The van der Waals surface area contributed by atoms with Gasteiger partial charge in [0.25, 0.3) is 0 Å². The van der Waals surface area contributed by atoms with Crippen LogP contribution in [-0.4, -0.2) is 68.6 Å². The zero-order valence-electron chi connectivity index (χ0n) is 28.0. The lowest BCUT2D eigenvalue weighted by molar-refractivity contribution is -0.143. The summed E-state index contributed by atoms with van der Waals surface area (Å²) in [5.74, 6) is -0.405. The number of ketones is 1. The van der Waals surface area contributed by atoms with Crippen LogP contribution in [0, 0.1) is 29.6 Å². The molecule has 43 heavy (non-hydrogen) atoms. The maximum absolute atomic E-state index is 13.9. The molecule has 2 aliphatic carbocycles. The fraction of sp³-hybridized carbons (Fsp3) is 0.694. The fourth-order valence-corrected chi connectivity index (χ4v) is 6.76. The molecule has 0 spiro atoms. The molecule has 7 unspecified atom stereocenters. The Kier molecular flexibility index (Phi) is 12.6. The minimum Gasteiger partial charge on any atom is -0.379 e. The number of likely N-dealkylation sites (N-methyl/N-ethyl adjacent to an activating group) is 1. The van der Waals surface area contributed by atoms with Crippen LogP contribution < -0.4 is 5.32 Å². The van der Waals surface area contributed by atoms with Gasteiger partial charge in [0.15, 0.2) is 0 Å². The number of methoxy groups -OCH3 is 2. The Labute approximate surface area is 260 Å². The minimum atomic E-state index is -0.481. The van der Waals surface area contributed by atoms with Crippen molar-refractivity contribution >= 4 is 17.6 Å². The summed E-state index contributed by atoms with van der Waals surface area (Å²) in [5.41, 5.74) is 2.18. The first kappa shape index (κ1) is 35.0. The topological polar surface area (TPSA) is 84.9 Å². The molecule has 2 amide bonds. The number of ether oxygens (including phenoxy) is 2. The van der Waals surface area contributed by atoms with Gasteiger partial charge in [-0.3, -0.25) is 14.4 Å². The third-order valence-electron chi connectivity index (χ3n) is 10.4. The minimum absolute atomic E-state index is 0.0210. The summed E-state index contributed by atoms with van der Waals surface area (Å²) in [6.45, 7) is 12.8. The van der Waals surface area contributed by atoms with Crippen LogP contribution in [-0.2, 0) is 29.3 Å². The Morgan fingerprint density at radius 1 is 1.00 bits per heavy atom. The molecule has 1 fully saturated rings. The molecule has 7 heteroatoms. The van der Waals surface area contributed by atoms with Crippen molar-refractivity contribution in [1.29, 1.82) is 0 Å². The molecule has 1 N–H and O–H groups in total. The summed E-state index contributed by atoms with van der Waals surface area (Å²) in [5, 5.41) is 3.19. The first-order valence-electron chi connectivity index (χ1n) is 16.3. The molecule has 0 aliphatic heterocycles. The van der Waals surface area contributed by atoms with Crippen LogP contribution in [0.2, 0.25) is 0 Å². The van der Waals surface area contributed by atoms with E-state index >= 15 is 0 Å². The maximum atomic E-state index is 13.9. The van der Waals surface area contributed by atoms with Crippen LogP contribution in [0.3, 0.4) is 0 Å². The zero-order valence-corrected chi connectivity index (χ0v) is 28.0. The Hall–Kier alpha value is -2.51. The highest BCUT2D eigenvalue weighted by atomic mass is 16.5. The van der Waals surface area contributed by atoms with Crippen molar-refractivity contribution in [2.75, 3.05) is 27.8 Å². The van der Waals surface area contributed by atoms with Gasteiger partial charge in [-0.2, -0.15) is 0 Å². The molecule has 3 rings (SSSR count). The zero-order chi connectivity index (χ0) is 31.9. The van der Waals surface area contributed by atoms with Crippen molar-refractivity contribution < 1.29 is 23.9 Å². The van der Waals surface area contributed by atoms with Gasteiger partial charge in [0.05, 0.1) is 24.2 Å². The van der Waals surface area contributed by atoms with Gasteiger partial charge >= 0.3 is 0 Å². The summed E-state index contributed by atoms with van der Waals surface area (Å²) in [6, 6.07) is 10.2. The molecule has 0 radical (unpaired) electrons. The monoisotopic (exact) mass is 596 g/mol. The molecule has 7 atom stereocenters. The van der Waals surface area contributed by atoms with Gasteiger partial charge in [0.2, 0.25) is 11.8 Å². The van der Waals surface area contributed by atoms with E-state index in [4.69, 9.17) is 9.47 Å². The second-order valence-corrected chi connectivity index (χ2v) is 13.4. The van der Waals surface area contributed by atoms with Crippen LogP contribution in [0.1, 0.15) is 85.6 Å². The average Bonchev–Trinajstić information content (AvgIpc) is 3.66. The second-order valence-electron chi connectivity index (χ2n) is 13.4. The third-order valence-corrected chi connectivity index (χ3v) is 10.4. The fourth-order valence-electron chi connectivity index (χ4n) is 6.76. The van der Waals surface area contributed by atoms with E-state index in [1.165, 1.54) is 5.56 Å². The van der Waals surface area contributed by atoms with Crippen molar-refractivity contribution in [2.45, 2.75) is 104 Å². The van der Waals surface area contributed by atoms with Gasteiger partial charge in [0, 0.05) is 51.5 Å². The highest BCUT2D eigenvalue weighted by Gasteiger charge is 2.45. The van der Waals surface area contributed by atoms with Crippen LogP contribution in [0.5, 0.6) is 0 Å². The number of nitrogens with zero attached hydrogens (tertiary/aromatic N) is 1. The number of Topliss-reactive ketones (excluding diaryl/α,β-unsaturated/α-hetero) is 1. The van der Waals surface area contributed by atoms with Crippen LogP contribution in [0.4, 0.5) is 0 Å². The van der Waals surface area contributed by atoms with E-state index in [2.05, 4.69) is 51.2 Å². The van der Waals surface area contributed by atoms with Crippen LogP contribution >= 0.6 is 0 Å². The standard InChI is InChI=1S/C36H56N2O5/c1-10-24(4)32(38(7)35(41)25(5)23(2)3)31(42-8)21-30(39)28-17-14-18-29(28)33(43-9)26(6)34(40)37-22-36(19-20-36)27-15-12-11-13-16-27/h11-13,15-16,18,23-26,28,31-33H,10,14,17,19-22H2,1-9H3,(H,37,40). The molecule has 0 bridgehead atoms. The van der Waals surface area contributed by atoms with Crippen molar-refractivity contribution in [2.24, 2.45) is 29.6 Å². The van der Waals surface area contributed by atoms with Crippen molar-refractivity contribution in [3.8, 4) is 0 Å². The van der Waals surface area contributed by atoms with Crippen molar-refractivity contribution in [3.05, 3.63) is 47.5 Å². The number of nitrogens with one attached hydrogen (secondary N) is 1. The summed E-state index contributed by atoms with van der Waals surface area (Å²) >= 11 is 0. The van der Waals surface area contributed by atoms with E-state index in [1.54, 1.807) is 14.2 Å². The Morgan fingerprint density at radius 2 is 1.65 bits per heavy atom. The Morgan fingerprint density at radius 3 is 2.19 bits per heavy atom. The first-order chi connectivity index (χ1) is 20.4. The molecular weight excluding hydrogens is 540 g/mol. The molecule has 7 nitrogen and oxygen atoms in total. The number of carbonyl (C=O) groups is 3. The number of rotatable bonds is 17. The predicted octanol–water partition coefficient (Wildman–Crippen LogP) is 5.96. The molecular formula is C36H56N2O5. The second kappa shape index (κ2) is 15.5. The van der Waals surface area contributed by atoms with E-state index in [0.717, 1.165) is 31.3 Å². The Bertz CT molecular complexity index is 1110. The van der Waals surface area contributed by atoms with E-state index in [-0.39, 0.29) is 59.1 Å². The number of carbonyl (C=O) groups excluding carboxylic acids is 3. The highest BCUT2D eigenvalue weighted by molar-refractivity contribution is 5.86. The number of hydrogen-bond donors (Lipinski definition) is 1. The number of allylic oxidation sites excluding steroid dienone is 1. The quantitative estimate of drug-likeness (QED) is 0.224. The molecule has 1 aromatic rings. The summed E-state index contributed by atoms with van der Waals surface area (Å²) in [4.78, 5) is 42.5. The molecule has 0 aromatic heterocycles. The summed E-state index contributed by atoms with van der Waals surface area (Å²) in [7, 11) is 5.10. The smallest absolute Gasteiger partial charge is 0.225 e. The average molecular weight is 597 g/mol. The van der Waals surface area contributed by atoms with Gasteiger partial charge in [-0.25, -0.2) is 0 Å². The summed E-state index contributed by atoms with van der Waals surface area (Å²) < 4.78 is 11.9. The van der Waals surface area contributed by atoms with E-state index in [9.17, 15) is 14.4 Å². The molecule has 0 saturated heterocycles. The SMILES string of the molecule is CCC(C)C(C(CC(=O)C1CCC=C1C(OC)C(C)C(=O)NCC1(c2ccccc2)CC1)OC)N(C)C(=O)C(C)C(C)C. The van der Waals surface area contributed by atoms with Crippen LogP contribution in [0.15, 0.2) is 42.0 Å². The lowest BCUT2D eigenvalue weighted by Crippen LogP contribution is -2.52. The van der Waals surface area contributed by atoms with Gasteiger partial charge in [-0.15, -0.1) is 0 Å². The van der Waals surface area contributed by atoms with E-state index in [0.29, 0.717) is 13.0 Å². The van der Waals surface area contributed by atoms with Crippen LogP contribution in [0.25, 0.3) is 0 Å². The first-order valence-corrected chi connectivity index (χ1v) is 16.3. The van der Waals surface area contributed by atoms with Crippen molar-refractivity contribution in [3.63, 3.8) is 0 Å². The van der Waals surface area contributed by atoms with Gasteiger partial charge in [-0.05, 0) is 48.7 Å². The largest absolute Gasteiger partial charge is 0.379 e. The molecule has 1 saturated carbocycles. The third kappa shape index (κ3) is 8.16. The van der Waals surface area contributed by atoms with Gasteiger partial charge in [0.1, 0.15) is 5.78 Å². The van der Waals surface area contributed by atoms with Gasteiger partial charge < -0.3 is 19.7 Å². The lowest BCUT2D eigenvalue weighted by Gasteiger charge is -2.39. The predicted molar refractivity (Wildman–Crippen MR) is 172 cm³/mol. The van der Waals surface area contributed by atoms with Crippen molar-refractivity contribution in [1.82, 2.24) is 10.2 Å². The lowest BCUT2D eigenvalue weighted by atomic mass is 9.82. The normalized spacial score (nSPS) is 21.7. The highest BCUT2D eigenvalue weighted by Crippen LogP contribution is 2.47. The maximum Gasteiger partial charge on any atom is 0.225 e. The Balaban J connectivity index is 1.70. The molecule has 240 valence electrons. The number of benzene rings is 1. The van der Waals surface area contributed by atoms with E-state index < -0.39 is 18.1 Å². The number of amides is 2.